The number of urea groups is 1. The van der Waals surface area contributed by atoms with Crippen LogP contribution in [0.15, 0.2) is 48.8 Å². The Bertz CT molecular complexity index is 1230. The Morgan fingerprint density at radius 2 is 1.70 bits per heavy atom. The van der Waals surface area contributed by atoms with E-state index in [9.17, 15) is 4.79 Å². The normalized spacial score (nSPS) is 16.2. The Morgan fingerprint density at radius 3 is 2.58 bits per heavy atom. The SMILES string of the molecule is O=C(NCCCCN1CCCC1)Nc1cccc(Nc2ncnc3cc(OCCCN4CCOCC4)ccc23)c1. The van der Waals surface area contributed by atoms with Gasteiger partial charge in [-0.2, -0.15) is 0 Å². The van der Waals surface area contributed by atoms with Crippen LogP contribution < -0.4 is 20.7 Å². The van der Waals surface area contributed by atoms with Crippen LogP contribution in [-0.4, -0.2) is 91.4 Å². The molecule has 2 aromatic carbocycles. The smallest absolute Gasteiger partial charge is 0.319 e. The van der Waals surface area contributed by atoms with E-state index in [0.29, 0.717) is 24.7 Å². The molecule has 3 aromatic rings. The number of carbonyl (C=O) groups is 1. The van der Waals surface area contributed by atoms with Crippen molar-refractivity contribution in [3.8, 4) is 5.75 Å². The molecule has 0 unspecified atom stereocenters. The van der Waals surface area contributed by atoms with Crippen LogP contribution in [0.3, 0.4) is 0 Å². The van der Waals surface area contributed by atoms with Gasteiger partial charge in [-0.25, -0.2) is 14.8 Å². The number of hydrogen-bond acceptors (Lipinski definition) is 8. The van der Waals surface area contributed by atoms with E-state index in [1.165, 1.54) is 25.9 Å². The molecule has 2 saturated heterocycles. The lowest BCUT2D eigenvalue weighted by atomic mass is 10.2. The highest BCUT2D eigenvalue weighted by Gasteiger charge is 2.12. The predicted octanol–water partition coefficient (Wildman–Crippen LogP) is 4.47. The van der Waals surface area contributed by atoms with Crippen LogP contribution in [-0.2, 0) is 4.74 Å². The van der Waals surface area contributed by atoms with Crippen LogP contribution in [0.25, 0.3) is 10.9 Å². The Balaban J connectivity index is 1.09. The Labute approximate surface area is 236 Å². The predicted molar refractivity (Wildman–Crippen MR) is 159 cm³/mol. The summed E-state index contributed by atoms with van der Waals surface area (Å²) >= 11 is 0. The highest BCUT2D eigenvalue weighted by Crippen LogP contribution is 2.27. The molecular weight excluding hydrogens is 506 g/mol. The second-order valence-corrected chi connectivity index (χ2v) is 10.4. The van der Waals surface area contributed by atoms with Gasteiger partial charge in [0.1, 0.15) is 17.9 Å². The van der Waals surface area contributed by atoms with Gasteiger partial charge in [-0.15, -0.1) is 0 Å². The first-order valence-electron chi connectivity index (χ1n) is 14.5. The third-order valence-electron chi connectivity index (χ3n) is 7.37. The van der Waals surface area contributed by atoms with Crippen molar-refractivity contribution in [1.82, 2.24) is 25.1 Å². The molecule has 0 spiro atoms. The number of aromatic nitrogens is 2. The number of unbranched alkanes of at least 4 members (excludes halogenated alkanes) is 1. The van der Waals surface area contributed by atoms with E-state index in [0.717, 1.165) is 81.0 Å². The lowest BCUT2D eigenvalue weighted by Gasteiger charge is -2.26. The molecule has 2 aliphatic heterocycles. The minimum Gasteiger partial charge on any atom is -0.493 e. The molecule has 0 radical (unpaired) electrons. The van der Waals surface area contributed by atoms with Crippen molar-refractivity contribution in [3.05, 3.63) is 48.8 Å². The van der Waals surface area contributed by atoms with E-state index < -0.39 is 0 Å². The summed E-state index contributed by atoms with van der Waals surface area (Å²) in [6, 6.07) is 13.3. The fraction of sp³-hybridized carbons (Fsp3) is 0.500. The number of likely N-dealkylation sites (tertiary alicyclic amines) is 1. The fourth-order valence-electron chi connectivity index (χ4n) is 5.18. The number of nitrogens with one attached hydrogen (secondary N) is 3. The van der Waals surface area contributed by atoms with E-state index in [1.807, 2.05) is 42.5 Å². The van der Waals surface area contributed by atoms with E-state index >= 15 is 0 Å². The lowest BCUT2D eigenvalue weighted by Crippen LogP contribution is -2.37. The van der Waals surface area contributed by atoms with Gasteiger partial charge in [0.15, 0.2) is 0 Å². The third-order valence-corrected chi connectivity index (χ3v) is 7.37. The zero-order valence-corrected chi connectivity index (χ0v) is 23.2. The second-order valence-electron chi connectivity index (χ2n) is 10.4. The molecular formula is C30H41N7O3. The van der Waals surface area contributed by atoms with Crippen LogP contribution in [0.2, 0.25) is 0 Å². The average Bonchev–Trinajstić information content (AvgIpc) is 3.50. The summed E-state index contributed by atoms with van der Waals surface area (Å²) in [5, 5.41) is 10.2. The van der Waals surface area contributed by atoms with Gasteiger partial charge in [-0.3, -0.25) is 4.90 Å². The molecule has 3 heterocycles. The third kappa shape index (κ3) is 8.51. The Hall–Kier alpha value is -3.47. The van der Waals surface area contributed by atoms with E-state index in [-0.39, 0.29) is 6.03 Å². The summed E-state index contributed by atoms with van der Waals surface area (Å²) in [5.41, 5.74) is 2.35. The van der Waals surface area contributed by atoms with Gasteiger partial charge < -0.3 is 30.3 Å². The number of amides is 2. The molecule has 214 valence electrons. The van der Waals surface area contributed by atoms with Crippen LogP contribution in [0.4, 0.5) is 22.0 Å². The molecule has 0 atom stereocenters. The number of nitrogens with zero attached hydrogens (tertiary/aromatic N) is 4. The van der Waals surface area contributed by atoms with E-state index in [2.05, 4.69) is 35.7 Å². The van der Waals surface area contributed by atoms with Crippen molar-refractivity contribution < 1.29 is 14.3 Å². The first kappa shape index (κ1) is 28.1. The van der Waals surface area contributed by atoms with Crippen molar-refractivity contribution in [3.63, 3.8) is 0 Å². The van der Waals surface area contributed by atoms with Crippen LogP contribution in [0, 0.1) is 0 Å². The molecule has 0 bridgehead atoms. The zero-order valence-electron chi connectivity index (χ0n) is 23.2. The largest absolute Gasteiger partial charge is 0.493 e. The first-order valence-corrected chi connectivity index (χ1v) is 14.5. The van der Waals surface area contributed by atoms with Gasteiger partial charge in [0.25, 0.3) is 0 Å². The summed E-state index contributed by atoms with van der Waals surface area (Å²) < 4.78 is 11.4. The molecule has 2 aliphatic rings. The zero-order chi connectivity index (χ0) is 27.4. The maximum absolute atomic E-state index is 12.4. The minimum absolute atomic E-state index is 0.191. The van der Waals surface area contributed by atoms with Crippen LogP contribution in [0.1, 0.15) is 32.1 Å². The van der Waals surface area contributed by atoms with Crippen molar-refractivity contribution in [1.29, 1.82) is 0 Å². The monoisotopic (exact) mass is 547 g/mol. The Morgan fingerprint density at radius 1 is 0.900 bits per heavy atom. The molecule has 0 aliphatic carbocycles. The maximum Gasteiger partial charge on any atom is 0.319 e. The number of anilines is 3. The first-order chi connectivity index (χ1) is 19.7. The molecule has 40 heavy (non-hydrogen) atoms. The summed E-state index contributed by atoms with van der Waals surface area (Å²) in [4.78, 5) is 26.2. The van der Waals surface area contributed by atoms with Crippen LogP contribution >= 0.6 is 0 Å². The maximum atomic E-state index is 12.4. The van der Waals surface area contributed by atoms with Gasteiger partial charge in [0, 0.05) is 49.0 Å². The number of carbonyl (C=O) groups excluding carboxylic acids is 1. The van der Waals surface area contributed by atoms with Gasteiger partial charge in [0.2, 0.25) is 0 Å². The molecule has 3 N–H and O–H groups in total. The van der Waals surface area contributed by atoms with Crippen molar-refractivity contribution >= 4 is 34.1 Å². The molecule has 10 heteroatoms. The average molecular weight is 548 g/mol. The highest BCUT2D eigenvalue weighted by molar-refractivity contribution is 5.92. The van der Waals surface area contributed by atoms with Gasteiger partial charge in [-0.05, 0) is 82.1 Å². The number of benzene rings is 2. The van der Waals surface area contributed by atoms with Crippen LogP contribution in [0.5, 0.6) is 5.75 Å². The number of morpholine rings is 1. The standard InChI is InChI=1S/C30H41N7O3/c38-30(31-11-1-2-12-36-13-3-4-14-36)35-25-8-5-7-24(21-25)34-29-27-10-9-26(22-28(27)32-23-33-29)40-18-6-15-37-16-19-39-20-17-37/h5,7-10,21-23H,1-4,6,11-20H2,(H2,31,35,38)(H,32,33,34). The quantitative estimate of drug-likeness (QED) is 0.269. The van der Waals surface area contributed by atoms with E-state index in [1.54, 1.807) is 6.33 Å². The summed E-state index contributed by atoms with van der Waals surface area (Å²) in [7, 11) is 0. The van der Waals surface area contributed by atoms with Gasteiger partial charge >= 0.3 is 6.03 Å². The molecule has 2 fully saturated rings. The number of hydrogen-bond donors (Lipinski definition) is 3. The number of fused-ring (bicyclic) bond motifs is 1. The second kappa shape index (κ2) is 14.8. The molecule has 0 saturated carbocycles. The summed E-state index contributed by atoms with van der Waals surface area (Å²) in [6.07, 6.45) is 7.23. The molecule has 1 aromatic heterocycles. The van der Waals surface area contributed by atoms with Crippen molar-refractivity contribution in [2.75, 3.05) is 76.3 Å². The van der Waals surface area contributed by atoms with Crippen molar-refractivity contribution in [2.24, 2.45) is 0 Å². The summed E-state index contributed by atoms with van der Waals surface area (Å²) in [5.74, 6) is 1.50. The topological polar surface area (TPSA) is 104 Å². The van der Waals surface area contributed by atoms with Gasteiger partial charge in [0.05, 0.1) is 25.3 Å². The minimum atomic E-state index is -0.191. The number of ether oxygens (including phenoxy) is 2. The highest BCUT2D eigenvalue weighted by atomic mass is 16.5. The number of rotatable bonds is 13. The lowest BCUT2D eigenvalue weighted by molar-refractivity contribution is 0.0358. The fourth-order valence-corrected chi connectivity index (χ4v) is 5.18. The Kier molecular flexibility index (Phi) is 10.4. The summed E-state index contributed by atoms with van der Waals surface area (Å²) in [6.45, 7) is 9.52. The molecule has 5 rings (SSSR count). The molecule has 2 amide bonds. The van der Waals surface area contributed by atoms with E-state index in [4.69, 9.17) is 9.47 Å². The molecule has 10 nitrogen and oxygen atoms in total. The van der Waals surface area contributed by atoms with Crippen molar-refractivity contribution in [2.45, 2.75) is 32.1 Å². The van der Waals surface area contributed by atoms with Gasteiger partial charge in [-0.1, -0.05) is 6.07 Å².